The maximum Gasteiger partial charge on any atom is 0.272 e. The minimum atomic E-state index is -0.607. The Morgan fingerprint density at radius 1 is 1.10 bits per heavy atom. The van der Waals surface area contributed by atoms with Crippen molar-refractivity contribution in [1.29, 1.82) is 0 Å². The van der Waals surface area contributed by atoms with Crippen molar-refractivity contribution in [3.63, 3.8) is 0 Å². The van der Waals surface area contributed by atoms with E-state index >= 15 is 0 Å². The van der Waals surface area contributed by atoms with Crippen LogP contribution in [0.2, 0.25) is 15.1 Å². The fourth-order valence-electron chi connectivity index (χ4n) is 1.58. The Hall–Kier alpha value is -1.53. The standard InChI is InChI=1S/C13H8Cl3NO4/c14-9-3-7(6-18)1-2-12(9)21-13-10(15)4-8(17(19)20)5-11(13)16/h1-5,18H,6H2. The van der Waals surface area contributed by atoms with Crippen LogP contribution < -0.4 is 4.74 Å². The molecule has 0 atom stereocenters. The molecule has 21 heavy (non-hydrogen) atoms. The van der Waals surface area contributed by atoms with E-state index in [0.29, 0.717) is 5.56 Å². The molecule has 0 bridgehead atoms. The molecule has 5 nitrogen and oxygen atoms in total. The highest BCUT2D eigenvalue weighted by Gasteiger charge is 2.17. The van der Waals surface area contributed by atoms with Gasteiger partial charge in [-0.3, -0.25) is 10.1 Å². The summed E-state index contributed by atoms with van der Waals surface area (Å²) in [5.74, 6) is 0.342. The topological polar surface area (TPSA) is 72.6 Å². The maximum absolute atomic E-state index is 10.7. The van der Waals surface area contributed by atoms with Gasteiger partial charge in [-0.1, -0.05) is 40.9 Å². The molecular weight excluding hydrogens is 341 g/mol. The molecule has 0 aliphatic carbocycles. The van der Waals surface area contributed by atoms with Crippen LogP contribution in [-0.4, -0.2) is 10.0 Å². The summed E-state index contributed by atoms with van der Waals surface area (Å²) in [6.45, 7) is -0.154. The Morgan fingerprint density at radius 2 is 1.71 bits per heavy atom. The first kappa shape index (κ1) is 15.9. The van der Waals surface area contributed by atoms with E-state index < -0.39 is 4.92 Å². The van der Waals surface area contributed by atoms with Crippen molar-refractivity contribution in [2.24, 2.45) is 0 Å². The van der Waals surface area contributed by atoms with Crippen LogP contribution in [-0.2, 0) is 6.61 Å². The normalized spacial score (nSPS) is 10.5. The smallest absolute Gasteiger partial charge is 0.272 e. The molecule has 0 radical (unpaired) electrons. The molecule has 2 aromatic rings. The van der Waals surface area contributed by atoms with E-state index in [-0.39, 0.29) is 38.9 Å². The highest BCUT2D eigenvalue weighted by Crippen LogP contribution is 2.41. The molecule has 0 aliphatic heterocycles. The van der Waals surface area contributed by atoms with E-state index in [1.165, 1.54) is 6.07 Å². The van der Waals surface area contributed by atoms with Gasteiger partial charge in [0, 0.05) is 12.1 Å². The van der Waals surface area contributed by atoms with Crippen molar-refractivity contribution in [3.05, 3.63) is 61.1 Å². The SMILES string of the molecule is O=[N+]([O-])c1cc(Cl)c(Oc2ccc(CO)cc2Cl)c(Cl)c1. The van der Waals surface area contributed by atoms with E-state index in [0.717, 1.165) is 12.1 Å². The Labute approximate surface area is 134 Å². The summed E-state index contributed by atoms with van der Waals surface area (Å²) in [7, 11) is 0. The van der Waals surface area contributed by atoms with Gasteiger partial charge in [-0.15, -0.1) is 0 Å². The maximum atomic E-state index is 10.7. The van der Waals surface area contributed by atoms with E-state index in [4.69, 9.17) is 44.6 Å². The molecule has 0 saturated carbocycles. The van der Waals surface area contributed by atoms with Gasteiger partial charge in [0.15, 0.2) is 5.75 Å². The molecule has 2 rings (SSSR count). The molecule has 0 saturated heterocycles. The summed E-state index contributed by atoms with van der Waals surface area (Å²) >= 11 is 17.9. The van der Waals surface area contributed by atoms with Crippen LogP contribution in [0, 0.1) is 10.1 Å². The van der Waals surface area contributed by atoms with Crippen LogP contribution in [0.25, 0.3) is 0 Å². The van der Waals surface area contributed by atoms with Gasteiger partial charge in [0.05, 0.1) is 26.6 Å². The molecule has 110 valence electrons. The number of halogens is 3. The summed E-state index contributed by atoms with van der Waals surface area (Å²) in [5.41, 5.74) is 0.382. The van der Waals surface area contributed by atoms with Crippen molar-refractivity contribution >= 4 is 40.5 Å². The zero-order valence-corrected chi connectivity index (χ0v) is 12.6. The second-order valence-electron chi connectivity index (χ2n) is 4.02. The average molecular weight is 349 g/mol. The Morgan fingerprint density at radius 3 is 2.19 bits per heavy atom. The lowest BCUT2D eigenvalue weighted by atomic mass is 10.2. The number of hydrogen-bond donors (Lipinski definition) is 1. The fourth-order valence-corrected chi connectivity index (χ4v) is 2.38. The van der Waals surface area contributed by atoms with Crippen molar-refractivity contribution in [3.8, 4) is 11.5 Å². The summed E-state index contributed by atoms with van der Waals surface area (Å²) in [4.78, 5) is 10.1. The summed E-state index contributed by atoms with van der Waals surface area (Å²) in [6, 6.07) is 6.97. The highest BCUT2D eigenvalue weighted by molar-refractivity contribution is 6.37. The van der Waals surface area contributed by atoms with E-state index in [9.17, 15) is 10.1 Å². The van der Waals surface area contributed by atoms with Crippen LogP contribution in [0.1, 0.15) is 5.56 Å². The first-order valence-electron chi connectivity index (χ1n) is 5.63. The third kappa shape index (κ3) is 3.57. The summed E-state index contributed by atoms with van der Waals surface area (Å²) < 4.78 is 5.50. The molecule has 0 aliphatic rings. The first-order valence-corrected chi connectivity index (χ1v) is 6.76. The Balaban J connectivity index is 2.38. The van der Waals surface area contributed by atoms with E-state index in [2.05, 4.69) is 0 Å². The van der Waals surface area contributed by atoms with Crippen molar-refractivity contribution in [1.82, 2.24) is 0 Å². The zero-order chi connectivity index (χ0) is 15.6. The summed E-state index contributed by atoms with van der Waals surface area (Å²) in [6.07, 6.45) is 0. The first-order chi connectivity index (χ1) is 9.92. The lowest BCUT2D eigenvalue weighted by Crippen LogP contribution is -1.93. The van der Waals surface area contributed by atoms with Crippen LogP contribution in [0.3, 0.4) is 0 Å². The van der Waals surface area contributed by atoms with Gasteiger partial charge in [-0.05, 0) is 17.7 Å². The monoisotopic (exact) mass is 347 g/mol. The molecule has 1 N–H and O–H groups in total. The van der Waals surface area contributed by atoms with Crippen molar-refractivity contribution in [2.75, 3.05) is 0 Å². The third-order valence-corrected chi connectivity index (χ3v) is 3.44. The fraction of sp³-hybridized carbons (Fsp3) is 0.0769. The number of benzene rings is 2. The number of rotatable bonds is 4. The number of ether oxygens (including phenoxy) is 1. The molecule has 0 fully saturated rings. The zero-order valence-electron chi connectivity index (χ0n) is 10.3. The molecule has 0 spiro atoms. The van der Waals surface area contributed by atoms with Gasteiger partial charge in [0.2, 0.25) is 0 Å². The predicted molar refractivity (Wildman–Crippen MR) is 80.6 cm³/mol. The number of aliphatic hydroxyl groups is 1. The van der Waals surface area contributed by atoms with Gasteiger partial charge in [-0.2, -0.15) is 0 Å². The minimum Gasteiger partial charge on any atom is -0.453 e. The minimum absolute atomic E-state index is 0.00324. The molecular formula is C13H8Cl3NO4. The Bertz CT molecular complexity index is 683. The number of hydrogen-bond acceptors (Lipinski definition) is 4. The van der Waals surface area contributed by atoms with Crippen molar-refractivity contribution in [2.45, 2.75) is 6.61 Å². The van der Waals surface area contributed by atoms with Gasteiger partial charge < -0.3 is 9.84 Å². The second kappa shape index (κ2) is 6.49. The largest absolute Gasteiger partial charge is 0.453 e. The average Bonchev–Trinajstić information content (AvgIpc) is 2.43. The number of aliphatic hydroxyl groups excluding tert-OH is 1. The predicted octanol–water partition coefficient (Wildman–Crippen LogP) is 4.84. The van der Waals surface area contributed by atoms with Crippen molar-refractivity contribution < 1.29 is 14.8 Å². The molecule has 8 heteroatoms. The Kier molecular flexibility index (Phi) is 4.90. The lowest BCUT2D eigenvalue weighted by molar-refractivity contribution is -0.384. The van der Waals surface area contributed by atoms with E-state index in [1.807, 2.05) is 0 Å². The molecule has 0 heterocycles. The van der Waals surface area contributed by atoms with E-state index in [1.54, 1.807) is 12.1 Å². The molecule has 2 aromatic carbocycles. The number of nitro groups is 1. The highest BCUT2D eigenvalue weighted by atomic mass is 35.5. The number of non-ortho nitro benzene ring substituents is 1. The number of nitro benzene ring substituents is 1. The van der Waals surface area contributed by atoms with Gasteiger partial charge >= 0.3 is 0 Å². The quantitative estimate of drug-likeness (QED) is 0.634. The molecule has 0 unspecified atom stereocenters. The third-order valence-electron chi connectivity index (χ3n) is 2.58. The molecule has 0 aromatic heterocycles. The van der Waals surface area contributed by atoms with Gasteiger partial charge in [-0.25, -0.2) is 0 Å². The lowest BCUT2D eigenvalue weighted by Gasteiger charge is -2.11. The molecule has 0 amide bonds. The van der Waals surface area contributed by atoms with Gasteiger partial charge in [0.1, 0.15) is 5.75 Å². The van der Waals surface area contributed by atoms with Crippen LogP contribution in [0.15, 0.2) is 30.3 Å². The van der Waals surface area contributed by atoms with Crippen LogP contribution >= 0.6 is 34.8 Å². The summed E-state index contributed by atoms with van der Waals surface area (Å²) in [5, 5.41) is 20.0. The second-order valence-corrected chi connectivity index (χ2v) is 5.24. The van der Waals surface area contributed by atoms with Gasteiger partial charge in [0.25, 0.3) is 5.69 Å². The van der Waals surface area contributed by atoms with Crippen LogP contribution in [0.5, 0.6) is 11.5 Å². The van der Waals surface area contributed by atoms with Crippen LogP contribution in [0.4, 0.5) is 5.69 Å². The number of nitrogens with zero attached hydrogens (tertiary/aromatic N) is 1.